The van der Waals surface area contributed by atoms with Crippen LogP contribution >= 0.6 is 0 Å². The van der Waals surface area contributed by atoms with Gasteiger partial charge in [0.1, 0.15) is 4.90 Å². The van der Waals surface area contributed by atoms with Crippen LogP contribution < -0.4 is 15.8 Å². The van der Waals surface area contributed by atoms with Crippen LogP contribution in [0.25, 0.3) is 0 Å². The number of anilines is 2. The van der Waals surface area contributed by atoms with Crippen molar-refractivity contribution in [1.82, 2.24) is 4.90 Å². The topological polar surface area (TPSA) is 92.7 Å². The predicted molar refractivity (Wildman–Crippen MR) is 81.1 cm³/mol. The van der Waals surface area contributed by atoms with E-state index in [1.807, 2.05) is 13.1 Å². The molecule has 0 aromatic heterocycles. The summed E-state index contributed by atoms with van der Waals surface area (Å²) in [4.78, 5) is 4.35. The van der Waals surface area contributed by atoms with E-state index in [-0.39, 0.29) is 10.6 Å². The molecule has 0 bridgehead atoms. The second kappa shape index (κ2) is 5.59. The first-order valence-corrected chi connectivity index (χ1v) is 8.18. The molecular weight excluding hydrogens is 276 g/mol. The zero-order valence-corrected chi connectivity index (χ0v) is 12.7. The fourth-order valence-electron chi connectivity index (χ4n) is 2.67. The largest absolute Gasteiger partial charge is 0.396 e. The molecule has 0 spiro atoms. The third-order valence-electron chi connectivity index (χ3n) is 3.97. The summed E-state index contributed by atoms with van der Waals surface area (Å²) in [5, 5.41) is 5.19. The SMILES string of the molecule is CN1CCC(N(C)c2cccc(S(N)(=O)=O)c2N)CC1. The highest BCUT2D eigenvalue weighted by Gasteiger charge is 2.24. The average molecular weight is 298 g/mol. The van der Waals surface area contributed by atoms with Gasteiger partial charge in [0.25, 0.3) is 0 Å². The van der Waals surface area contributed by atoms with Crippen molar-refractivity contribution in [3.8, 4) is 0 Å². The van der Waals surface area contributed by atoms with E-state index in [0.717, 1.165) is 31.6 Å². The van der Waals surface area contributed by atoms with E-state index >= 15 is 0 Å². The van der Waals surface area contributed by atoms with Gasteiger partial charge in [0.15, 0.2) is 0 Å². The molecule has 1 fully saturated rings. The van der Waals surface area contributed by atoms with Gasteiger partial charge in [0, 0.05) is 13.1 Å². The average Bonchev–Trinajstić information content (AvgIpc) is 2.37. The molecule has 0 amide bonds. The van der Waals surface area contributed by atoms with Crippen LogP contribution in [0.5, 0.6) is 0 Å². The quantitative estimate of drug-likeness (QED) is 0.790. The van der Waals surface area contributed by atoms with E-state index < -0.39 is 10.0 Å². The summed E-state index contributed by atoms with van der Waals surface area (Å²) in [6.07, 6.45) is 2.07. The number of para-hydroxylation sites is 1. The summed E-state index contributed by atoms with van der Waals surface area (Å²) in [6, 6.07) is 5.32. The standard InChI is InChI=1S/C13H22N4O2S/c1-16-8-6-10(7-9-16)17(2)11-4-3-5-12(13(11)14)20(15,18)19/h3-5,10H,6-9,14H2,1-2H3,(H2,15,18,19). The third-order valence-corrected chi connectivity index (χ3v) is 4.93. The van der Waals surface area contributed by atoms with E-state index in [0.29, 0.717) is 6.04 Å². The Balaban J connectivity index is 2.29. The molecule has 2 rings (SSSR count). The maximum atomic E-state index is 11.5. The Morgan fingerprint density at radius 1 is 1.30 bits per heavy atom. The summed E-state index contributed by atoms with van der Waals surface area (Å²) in [5.41, 5.74) is 6.95. The van der Waals surface area contributed by atoms with Gasteiger partial charge in [0.05, 0.1) is 11.4 Å². The third kappa shape index (κ3) is 3.05. The molecule has 1 saturated heterocycles. The number of rotatable bonds is 3. The molecule has 6 nitrogen and oxygen atoms in total. The molecule has 0 aliphatic carbocycles. The van der Waals surface area contributed by atoms with Crippen molar-refractivity contribution in [2.24, 2.45) is 5.14 Å². The second-order valence-electron chi connectivity index (χ2n) is 5.38. The van der Waals surface area contributed by atoms with Gasteiger partial charge in [-0.3, -0.25) is 0 Å². The lowest BCUT2D eigenvalue weighted by molar-refractivity contribution is 0.253. The molecular formula is C13H22N4O2S. The Labute approximate surface area is 120 Å². The van der Waals surface area contributed by atoms with E-state index in [1.54, 1.807) is 6.07 Å². The Hall–Kier alpha value is -1.31. The Bertz CT molecular complexity index is 580. The lowest BCUT2D eigenvalue weighted by Gasteiger charge is -2.37. The fourth-order valence-corrected chi connectivity index (χ4v) is 3.35. The van der Waals surface area contributed by atoms with E-state index in [9.17, 15) is 8.42 Å². The number of likely N-dealkylation sites (tertiary alicyclic amines) is 1. The molecule has 0 atom stereocenters. The molecule has 1 aromatic rings. The first-order valence-electron chi connectivity index (χ1n) is 6.63. The number of benzene rings is 1. The predicted octanol–water partition coefficient (Wildman–Crippen LogP) is 0.447. The fraction of sp³-hybridized carbons (Fsp3) is 0.538. The number of piperidine rings is 1. The highest BCUT2D eigenvalue weighted by atomic mass is 32.2. The van der Waals surface area contributed by atoms with Crippen molar-refractivity contribution in [2.75, 3.05) is 37.8 Å². The molecule has 4 N–H and O–H groups in total. The zero-order chi connectivity index (χ0) is 14.9. The Morgan fingerprint density at radius 3 is 2.45 bits per heavy atom. The van der Waals surface area contributed by atoms with Gasteiger partial charge in [-0.15, -0.1) is 0 Å². The van der Waals surface area contributed by atoms with Crippen LogP contribution in [0.3, 0.4) is 0 Å². The van der Waals surface area contributed by atoms with Crippen LogP contribution in [0.4, 0.5) is 11.4 Å². The van der Waals surface area contributed by atoms with Crippen LogP contribution in [0.15, 0.2) is 23.1 Å². The van der Waals surface area contributed by atoms with E-state index in [4.69, 9.17) is 10.9 Å². The second-order valence-corrected chi connectivity index (χ2v) is 6.91. The molecule has 7 heteroatoms. The number of nitrogen functional groups attached to an aromatic ring is 1. The van der Waals surface area contributed by atoms with Gasteiger partial charge >= 0.3 is 0 Å². The van der Waals surface area contributed by atoms with Crippen molar-refractivity contribution >= 4 is 21.4 Å². The van der Waals surface area contributed by atoms with Crippen molar-refractivity contribution in [1.29, 1.82) is 0 Å². The van der Waals surface area contributed by atoms with Gasteiger partial charge in [-0.25, -0.2) is 13.6 Å². The monoisotopic (exact) mass is 298 g/mol. The normalized spacial score (nSPS) is 18.1. The minimum atomic E-state index is -3.79. The van der Waals surface area contributed by atoms with Crippen molar-refractivity contribution < 1.29 is 8.42 Å². The van der Waals surface area contributed by atoms with Gasteiger partial charge in [-0.2, -0.15) is 0 Å². The van der Waals surface area contributed by atoms with E-state index in [1.165, 1.54) is 6.07 Å². The number of nitrogens with zero attached hydrogens (tertiary/aromatic N) is 2. The molecule has 0 radical (unpaired) electrons. The number of primary sulfonamides is 1. The Kier molecular flexibility index (Phi) is 4.22. The number of sulfonamides is 1. The minimum Gasteiger partial charge on any atom is -0.396 e. The van der Waals surface area contributed by atoms with Crippen molar-refractivity contribution in [3.05, 3.63) is 18.2 Å². The number of nitrogens with two attached hydrogens (primary N) is 2. The molecule has 0 saturated carbocycles. The summed E-state index contributed by atoms with van der Waals surface area (Å²) in [6.45, 7) is 2.06. The van der Waals surface area contributed by atoms with Crippen molar-refractivity contribution in [2.45, 2.75) is 23.8 Å². The first-order chi connectivity index (χ1) is 9.30. The lowest BCUT2D eigenvalue weighted by Crippen LogP contribution is -2.42. The maximum absolute atomic E-state index is 11.5. The maximum Gasteiger partial charge on any atom is 0.240 e. The van der Waals surface area contributed by atoms with Gasteiger partial charge < -0.3 is 15.5 Å². The molecule has 0 unspecified atom stereocenters. The number of hydrogen-bond acceptors (Lipinski definition) is 5. The van der Waals surface area contributed by atoms with Crippen LogP contribution in [-0.4, -0.2) is 46.5 Å². The number of hydrogen-bond donors (Lipinski definition) is 2. The van der Waals surface area contributed by atoms with Crippen LogP contribution in [0.1, 0.15) is 12.8 Å². The summed E-state index contributed by atoms with van der Waals surface area (Å²) in [5.74, 6) is 0. The minimum absolute atomic E-state index is 0.00484. The van der Waals surface area contributed by atoms with Crippen LogP contribution in [-0.2, 0) is 10.0 Å². The van der Waals surface area contributed by atoms with Crippen LogP contribution in [0.2, 0.25) is 0 Å². The van der Waals surface area contributed by atoms with Crippen LogP contribution in [0, 0.1) is 0 Å². The van der Waals surface area contributed by atoms with Gasteiger partial charge in [-0.1, -0.05) is 6.07 Å². The van der Waals surface area contributed by atoms with E-state index in [2.05, 4.69) is 16.8 Å². The summed E-state index contributed by atoms with van der Waals surface area (Å²) >= 11 is 0. The zero-order valence-electron chi connectivity index (χ0n) is 11.9. The molecule has 1 heterocycles. The molecule has 112 valence electrons. The molecule has 1 aliphatic rings. The van der Waals surface area contributed by atoms with Gasteiger partial charge in [-0.05, 0) is 45.1 Å². The smallest absolute Gasteiger partial charge is 0.240 e. The highest BCUT2D eigenvalue weighted by molar-refractivity contribution is 7.89. The Morgan fingerprint density at radius 2 is 1.90 bits per heavy atom. The lowest BCUT2D eigenvalue weighted by atomic mass is 10.0. The molecule has 1 aliphatic heterocycles. The van der Waals surface area contributed by atoms with Crippen molar-refractivity contribution in [3.63, 3.8) is 0 Å². The summed E-state index contributed by atoms with van der Waals surface area (Å²) < 4.78 is 23.0. The summed E-state index contributed by atoms with van der Waals surface area (Å²) in [7, 11) is 0.267. The molecule has 1 aromatic carbocycles. The highest BCUT2D eigenvalue weighted by Crippen LogP contribution is 2.31. The van der Waals surface area contributed by atoms with Gasteiger partial charge in [0.2, 0.25) is 10.0 Å². The first kappa shape index (κ1) is 15.1. The molecule has 20 heavy (non-hydrogen) atoms.